The van der Waals surface area contributed by atoms with Crippen LogP contribution in [0.3, 0.4) is 0 Å². The minimum absolute atomic E-state index is 0.110. The number of carbonyl (C=O) groups excluding carboxylic acids is 1. The molecule has 5 nitrogen and oxygen atoms in total. The minimum atomic E-state index is -0.110. The molecule has 0 spiro atoms. The molecule has 1 heterocycles. The highest BCUT2D eigenvalue weighted by atomic mass is 16.2. The number of aromatic nitrogens is 1. The largest absolute Gasteiger partial charge is 0.378 e. The third-order valence-corrected chi connectivity index (χ3v) is 4.78. The van der Waals surface area contributed by atoms with E-state index in [0.29, 0.717) is 19.5 Å². The first-order valence-electron chi connectivity index (χ1n) is 9.80. The molecule has 0 radical (unpaired) electrons. The van der Waals surface area contributed by atoms with E-state index in [4.69, 9.17) is 0 Å². The average molecular weight is 389 g/mol. The number of benzene rings is 2. The fourth-order valence-corrected chi connectivity index (χ4v) is 3.01. The van der Waals surface area contributed by atoms with Crippen molar-refractivity contribution < 1.29 is 4.79 Å². The van der Waals surface area contributed by atoms with Crippen molar-refractivity contribution in [2.45, 2.75) is 19.9 Å². The third kappa shape index (κ3) is 6.07. The van der Waals surface area contributed by atoms with Crippen molar-refractivity contribution in [2.75, 3.05) is 30.9 Å². The maximum Gasteiger partial charge on any atom is 0.322 e. The lowest BCUT2D eigenvalue weighted by molar-refractivity contribution is 0.209. The van der Waals surface area contributed by atoms with Crippen molar-refractivity contribution >= 4 is 17.4 Å². The van der Waals surface area contributed by atoms with E-state index in [0.717, 1.165) is 28.2 Å². The fraction of sp³-hybridized carbons (Fsp3) is 0.250. The summed E-state index contributed by atoms with van der Waals surface area (Å²) in [5.74, 6) is 0. The number of pyridine rings is 1. The van der Waals surface area contributed by atoms with Gasteiger partial charge in [-0.15, -0.1) is 0 Å². The summed E-state index contributed by atoms with van der Waals surface area (Å²) in [6.45, 7) is 3.16. The van der Waals surface area contributed by atoms with Crippen molar-refractivity contribution in [2.24, 2.45) is 0 Å². The zero-order valence-electron chi connectivity index (χ0n) is 17.3. The molecule has 0 fully saturated rings. The van der Waals surface area contributed by atoms with E-state index in [9.17, 15) is 4.79 Å². The summed E-state index contributed by atoms with van der Waals surface area (Å²) >= 11 is 0. The van der Waals surface area contributed by atoms with Gasteiger partial charge in [0, 0.05) is 56.9 Å². The van der Waals surface area contributed by atoms with Gasteiger partial charge in [0.15, 0.2) is 0 Å². The summed E-state index contributed by atoms with van der Waals surface area (Å²) in [5, 5.41) is 3.01. The predicted octanol–water partition coefficient (Wildman–Crippen LogP) is 4.73. The van der Waals surface area contributed by atoms with Gasteiger partial charge in [-0.3, -0.25) is 4.98 Å². The second-order valence-corrected chi connectivity index (χ2v) is 7.35. The number of urea groups is 1. The molecular weight excluding hydrogens is 360 g/mol. The van der Waals surface area contributed by atoms with Gasteiger partial charge < -0.3 is 15.1 Å². The zero-order chi connectivity index (χ0) is 20.6. The molecule has 29 heavy (non-hydrogen) atoms. The summed E-state index contributed by atoms with van der Waals surface area (Å²) in [6.07, 6.45) is 2.49. The van der Waals surface area contributed by atoms with Crippen molar-refractivity contribution in [3.05, 3.63) is 89.7 Å². The number of carbonyl (C=O) groups is 1. The van der Waals surface area contributed by atoms with Crippen LogP contribution in [-0.2, 0) is 13.0 Å². The first kappa shape index (κ1) is 20.4. The minimum Gasteiger partial charge on any atom is -0.378 e. The van der Waals surface area contributed by atoms with Crippen LogP contribution in [0.1, 0.15) is 16.8 Å². The van der Waals surface area contributed by atoms with Gasteiger partial charge in [-0.1, -0.05) is 35.9 Å². The van der Waals surface area contributed by atoms with Crippen molar-refractivity contribution in [1.82, 2.24) is 9.88 Å². The van der Waals surface area contributed by atoms with Crippen LogP contribution in [0.15, 0.2) is 72.9 Å². The first-order chi connectivity index (χ1) is 14.0. The lowest BCUT2D eigenvalue weighted by Crippen LogP contribution is -2.36. The number of aryl methyl sites for hydroxylation is 1. The van der Waals surface area contributed by atoms with Crippen molar-refractivity contribution in [3.63, 3.8) is 0 Å². The number of nitrogens with zero attached hydrogens (tertiary/aromatic N) is 3. The molecule has 1 aromatic heterocycles. The van der Waals surface area contributed by atoms with Crippen LogP contribution < -0.4 is 10.2 Å². The van der Waals surface area contributed by atoms with E-state index in [1.54, 1.807) is 6.20 Å². The Balaban J connectivity index is 1.72. The Morgan fingerprint density at radius 2 is 1.69 bits per heavy atom. The number of hydrogen-bond donors (Lipinski definition) is 1. The average Bonchev–Trinajstić information content (AvgIpc) is 2.73. The van der Waals surface area contributed by atoms with E-state index < -0.39 is 0 Å². The zero-order valence-corrected chi connectivity index (χ0v) is 17.3. The van der Waals surface area contributed by atoms with Gasteiger partial charge in [-0.25, -0.2) is 4.79 Å². The van der Waals surface area contributed by atoms with E-state index in [-0.39, 0.29) is 6.03 Å². The normalized spacial score (nSPS) is 10.4. The molecule has 0 aliphatic carbocycles. The maximum absolute atomic E-state index is 13.0. The van der Waals surface area contributed by atoms with Gasteiger partial charge in [0.25, 0.3) is 0 Å². The number of rotatable bonds is 7. The molecule has 0 atom stereocenters. The second-order valence-electron chi connectivity index (χ2n) is 7.35. The number of hydrogen-bond acceptors (Lipinski definition) is 3. The lowest BCUT2D eigenvalue weighted by atomic mass is 10.1. The predicted molar refractivity (Wildman–Crippen MR) is 119 cm³/mol. The molecule has 2 amide bonds. The number of amides is 2. The van der Waals surface area contributed by atoms with Gasteiger partial charge in [0.05, 0.1) is 0 Å². The van der Waals surface area contributed by atoms with Crippen LogP contribution in [0, 0.1) is 6.92 Å². The fourth-order valence-electron chi connectivity index (χ4n) is 3.01. The molecule has 0 saturated heterocycles. The molecule has 2 aromatic carbocycles. The Morgan fingerprint density at radius 1 is 0.966 bits per heavy atom. The van der Waals surface area contributed by atoms with E-state index in [2.05, 4.69) is 39.5 Å². The first-order valence-corrected chi connectivity index (χ1v) is 9.80. The van der Waals surface area contributed by atoms with Crippen LogP contribution in [0.5, 0.6) is 0 Å². The van der Waals surface area contributed by atoms with Gasteiger partial charge >= 0.3 is 6.03 Å². The number of nitrogens with one attached hydrogen (secondary N) is 1. The summed E-state index contributed by atoms with van der Waals surface area (Å²) in [5.41, 5.74) is 5.17. The molecule has 5 heteroatoms. The van der Waals surface area contributed by atoms with Crippen LogP contribution >= 0.6 is 0 Å². The summed E-state index contributed by atoms with van der Waals surface area (Å²) in [4.78, 5) is 21.3. The summed E-state index contributed by atoms with van der Waals surface area (Å²) < 4.78 is 0. The Hall–Kier alpha value is -3.34. The van der Waals surface area contributed by atoms with Gasteiger partial charge in [0.1, 0.15) is 0 Å². The molecule has 0 bridgehead atoms. The Bertz CT molecular complexity index is 906. The molecule has 0 saturated carbocycles. The smallest absolute Gasteiger partial charge is 0.322 e. The second kappa shape index (κ2) is 9.73. The Kier molecular flexibility index (Phi) is 6.85. The standard InChI is InChI=1S/C24H28N4O/c1-19-7-11-22(12-8-19)26-24(29)28(17-15-21-6-4-5-16-25-21)18-20-9-13-23(14-10-20)27(2)3/h4-14,16H,15,17-18H2,1-3H3,(H,26,29). The van der Waals surface area contributed by atoms with Crippen LogP contribution in [0.4, 0.5) is 16.2 Å². The molecule has 0 aliphatic heterocycles. The highest BCUT2D eigenvalue weighted by Gasteiger charge is 2.15. The van der Waals surface area contributed by atoms with E-state index in [1.807, 2.05) is 68.4 Å². The van der Waals surface area contributed by atoms with Crippen LogP contribution in [-0.4, -0.2) is 36.6 Å². The lowest BCUT2D eigenvalue weighted by Gasteiger charge is -2.24. The highest BCUT2D eigenvalue weighted by molar-refractivity contribution is 5.89. The van der Waals surface area contributed by atoms with E-state index in [1.165, 1.54) is 0 Å². The molecule has 150 valence electrons. The Labute approximate surface area is 173 Å². The SMILES string of the molecule is Cc1ccc(NC(=O)N(CCc2ccccn2)Cc2ccc(N(C)C)cc2)cc1. The Morgan fingerprint density at radius 3 is 2.31 bits per heavy atom. The quantitative estimate of drug-likeness (QED) is 0.636. The van der Waals surface area contributed by atoms with Crippen molar-refractivity contribution in [1.29, 1.82) is 0 Å². The van der Waals surface area contributed by atoms with E-state index >= 15 is 0 Å². The van der Waals surface area contributed by atoms with Crippen molar-refractivity contribution in [3.8, 4) is 0 Å². The molecule has 0 unspecified atom stereocenters. The molecule has 1 N–H and O–H groups in total. The molecular formula is C24H28N4O. The topological polar surface area (TPSA) is 48.5 Å². The van der Waals surface area contributed by atoms with Crippen LogP contribution in [0.25, 0.3) is 0 Å². The number of anilines is 2. The molecule has 3 aromatic rings. The third-order valence-electron chi connectivity index (χ3n) is 4.78. The maximum atomic E-state index is 13.0. The van der Waals surface area contributed by atoms with Gasteiger partial charge in [0.2, 0.25) is 0 Å². The summed E-state index contributed by atoms with van der Waals surface area (Å²) in [7, 11) is 4.03. The monoisotopic (exact) mass is 388 g/mol. The van der Waals surface area contributed by atoms with Crippen LogP contribution in [0.2, 0.25) is 0 Å². The molecule has 0 aliphatic rings. The highest BCUT2D eigenvalue weighted by Crippen LogP contribution is 2.16. The molecule has 3 rings (SSSR count). The van der Waals surface area contributed by atoms with Gasteiger partial charge in [-0.05, 0) is 48.9 Å². The summed E-state index contributed by atoms with van der Waals surface area (Å²) in [6, 6.07) is 21.9. The van der Waals surface area contributed by atoms with Gasteiger partial charge in [-0.2, -0.15) is 0 Å².